The normalized spacial score (nSPS) is 14.8. The minimum Gasteiger partial charge on any atom is -0.357 e. The number of hydrogen-bond acceptors (Lipinski definition) is 5. The van der Waals surface area contributed by atoms with Crippen LogP contribution in [-0.2, 0) is 6.54 Å². The highest BCUT2D eigenvalue weighted by molar-refractivity contribution is 14.1. The van der Waals surface area contributed by atoms with E-state index < -0.39 is 4.92 Å². The topological polar surface area (TPSA) is 88.4 Å². The van der Waals surface area contributed by atoms with Gasteiger partial charge in [0.1, 0.15) is 5.82 Å². The van der Waals surface area contributed by atoms with Crippen molar-refractivity contribution in [1.29, 1.82) is 0 Å². The molecule has 1 aromatic carbocycles. The third-order valence-electron chi connectivity index (χ3n) is 4.78. The lowest BCUT2D eigenvalue weighted by molar-refractivity contribution is -0.384. The van der Waals surface area contributed by atoms with Gasteiger partial charge in [-0.1, -0.05) is 13.0 Å². The van der Waals surface area contributed by atoms with Crippen molar-refractivity contribution in [1.82, 2.24) is 10.3 Å². The fourth-order valence-corrected chi connectivity index (χ4v) is 3.60. The molecule has 1 amide bonds. The third-order valence-corrected chi connectivity index (χ3v) is 5.72. The maximum atomic E-state index is 12.4. The first-order chi connectivity index (χ1) is 12.9. The summed E-state index contributed by atoms with van der Waals surface area (Å²) >= 11 is 2.00. The van der Waals surface area contributed by atoms with Gasteiger partial charge in [-0.05, 0) is 59.0 Å². The van der Waals surface area contributed by atoms with Gasteiger partial charge in [-0.25, -0.2) is 4.98 Å². The molecule has 3 rings (SSSR count). The largest absolute Gasteiger partial charge is 0.357 e. The molecule has 1 fully saturated rings. The number of benzene rings is 1. The first-order valence-corrected chi connectivity index (χ1v) is 9.94. The monoisotopic (exact) mass is 480 g/mol. The molecule has 1 aromatic heterocycles. The highest BCUT2D eigenvalue weighted by Crippen LogP contribution is 2.22. The van der Waals surface area contributed by atoms with Crippen LogP contribution in [-0.4, -0.2) is 28.9 Å². The maximum Gasteiger partial charge on any atom is 0.270 e. The number of pyridine rings is 1. The second-order valence-corrected chi connectivity index (χ2v) is 7.96. The van der Waals surface area contributed by atoms with E-state index in [1.165, 1.54) is 25.0 Å². The van der Waals surface area contributed by atoms with E-state index in [9.17, 15) is 14.9 Å². The number of nitro benzene ring substituents is 1. The predicted molar refractivity (Wildman–Crippen MR) is 112 cm³/mol. The van der Waals surface area contributed by atoms with Crippen LogP contribution in [0.5, 0.6) is 0 Å². The number of nitrogens with zero attached hydrogens (tertiary/aromatic N) is 3. The lowest BCUT2D eigenvalue weighted by Gasteiger charge is -2.31. The SMILES string of the molecule is CC1CCN(c2ccc(CNC(=O)c3cc([N+](=O)[O-])ccc3I)cn2)CC1. The molecular formula is C19H21IN4O3. The summed E-state index contributed by atoms with van der Waals surface area (Å²) in [7, 11) is 0. The summed E-state index contributed by atoms with van der Waals surface area (Å²) in [4.78, 5) is 29.6. The van der Waals surface area contributed by atoms with E-state index >= 15 is 0 Å². The number of amides is 1. The van der Waals surface area contributed by atoms with Gasteiger partial charge in [0, 0.05) is 41.5 Å². The van der Waals surface area contributed by atoms with Crippen LogP contribution >= 0.6 is 22.6 Å². The molecule has 27 heavy (non-hydrogen) atoms. The van der Waals surface area contributed by atoms with Gasteiger partial charge in [0.25, 0.3) is 11.6 Å². The fraction of sp³-hybridized carbons (Fsp3) is 0.368. The van der Waals surface area contributed by atoms with Crippen LogP contribution in [0, 0.1) is 19.6 Å². The minimum atomic E-state index is -0.503. The Balaban J connectivity index is 1.61. The van der Waals surface area contributed by atoms with Crippen molar-refractivity contribution in [2.75, 3.05) is 18.0 Å². The Morgan fingerprint density at radius 3 is 2.70 bits per heavy atom. The summed E-state index contributed by atoms with van der Waals surface area (Å²) in [6, 6.07) is 8.20. The second kappa shape index (κ2) is 8.64. The van der Waals surface area contributed by atoms with E-state index in [1.807, 2.05) is 34.7 Å². The van der Waals surface area contributed by atoms with Crippen LogP contribution in [0.1, 0.15) is 35.7 Å². The smallest absolute Gasteiger partial charge is 0.270 e. The summed E-state index contributed by atoms with van der Waals surface area (Å²) in [6.07, 6.45) is 4.13. The lowest BCUT2D eigenvalue weighted by Crippen LogP contribution is -2.33. The summed E-state index contributed by atoms with van der Waals surface area (Å²) in [5.74, 6) is 1.40. The molecule has 7 nitrogen and oxygen atoms in total. The molecule has 0 unspecified atom stereocenters. The van der Waals surface area contributed by atoms with Gasteiger partial charge in [0.05, 0.1) is 10.5 Å². The van der Waals surface area contributed by atoms with Crippen LogP contribution < -0.4 is 10.2 Å². The number of rotatable bonds is 5. The van der Waals surface area contributed by atoms with E-state index in [1.54, 1.807) is 12.3 Å². The number of hydrogen-bond donors (Lipinski definition) is 1. The van der Waals surface area contributed by atoms with Gasteiger partial charge in [0.15, 0.2) is 0 Å². The number of carbonyl (C=O) groups excluding carboxylic acids is 1. The van der Waals surface area contributed by atoms with Gasteiger partial charge in [0.2, 0.25) is 0 Å². The lowest BCUT2D eigenvalue weighted by atomic mass is 9.99. The number of aromatic nitrogens is 1. The molecule has 0 spiro atoms. The van der Waals surface area contributed by atoms with Gasteiger partial charge < -0.3 is 10.2 Å². The first-order valence-electron chi connectivity index (χ1n) is 8.86. The number of non-ortho nitro benzene ring substituents is 1. The molecule has 1 aliphatic heterocycles. The van der Waals surface area contributed by atoms with Crippen LogP contribution in [0.2, 0.25) is 0 Å². The van der Waals surface area contributed by atoms with E-state index in [0.29, 0.717) is 15.7 Å². The Kier molecular flexibility index (Phi) is 6.25. The van der Waals surface area contributed by atoms with Gasteiger partial charge >= 0.3 is 0 Å². The first kappa shape index (κ1) is 19.5. The zero-order valence-corrected chi connectivity index (χ0v) is 17.2. The Labute approximate surface area is 171 Å². The Morgan fingerprint density at radius 2 is 2.07 bits per heavy atom. The quantitative estimate of drug-likeness (QED) is 0.400. The third kappa shape index (κ3) is 4.94. The van der Waals surface area contributed by atoms with Crippen LogP contribution in [0.15, 0.2) is 36.5 Å². The van der Waals surface area contributed by atoms with E-state index in [-0.39, 0.29) is 11.6 Å². The van der Waals surface area contributed by atoms with Crippen molar-refractivity contribution in [2.24, 2.45) is 5.92 Å². The van der Waals surface area contributed by atoms with Crippen LogP contribution in [0.3, 0.4) is 0 Å². The predicted octanol–water partition coefficient (Wildman–Crippen LogP) is 3.76. The molecule has 0 saturated carbocycles. The Hall–Kier alpha value is -2.23. The molecule has 0 radical (unpaired) electrons. The van der Waals surface area contributed by atoms with Crippen molar-refractivity contribution in [2.45, 2.75) is 26.3 Å². The number of nitrogens with one attached hydrogen (secondary N) is 1. The highest BCUT2D eigenvalue weighted by Gasteiger charge is 2.17. The molecule has 1 N–H and O–H groups in total. The summed E-state index contributed by atoms with van der Waals surface area (Å²) in [6.45, 7) is 4.64. The number of piperidine rings is 1. The molecule has 8 heteroatoms. The second-order valence-electron chi connectivity index (χ2n) is 6.80. The molecule has 1 saturated heterocycles. The highest BCUT2D eigenvalue weighted by atomic mass is 127. The zero-order chi connectivity index (χ0) is 19.4. The fourth-order valence-electron chi connectivity index (χ4n) is 3.02. The number of nitro groups is 1. The number of halogens is 1. The van der Waals surface area contributed by atoms with Gasteiger partial charge in [-0.3, -0.25) is 14.9 Å². The average molecular weight is 480 g/mol. The standard InChI is InChI=1S/C19H21IN4O3/c1-13-6-8-23(9-7-13)18-5-2-14(11-21-18)12-22-19(25)16-10-15(24(26)27)3-4-17(16)20/h2-5,10-11,13H,6-9,12H2,1H3,(H,22,25). The summed E-state index contributed by atoms with van der Waals surface area (Å²) in [5.41, 5.74) is 1.09. The molecule has 0 atom stereocenters. The molecule has 2 heterocycles. The van der Waals surface area contributed by atoms with E-state index in [0.717, 1.165) is 30.4 Å². The van der Waals surface area contributed by atoms with E-state index in [4.69, 9.17) is 0 Å². The maximum absolute atomic E-state index is 12.4. The van der Waals surface area contributed by atoms with Crippen molar-refractivity contribution in [3.8, 4) is 0 Å². The molecule has 0 aliphatic carbocycles. The molecule has 2 aromatic rings. The van der Waals surface area contributed by atoms with Crippen molar-refractivity contribution < 1.29 is 9.72 Å². The summed E-state index contributed by atoms with van der Waals surface area (Å²) < 4.78 is 0.670. The molecule has 0 bridgehead atoms. The number of carbonyl (C=O) groups is 1. The molecular weight excluding hydrogens is 459 g/mol. The number of anilines is 1. The van der Waals surface area contributed by atoms with Crippen LogP contribution in [0.25, 0.3) is 0 Å². The Morgan fingerprint density at radius 1 is 1.33 bits per heavy atom. The molecule has 1 aliphatic rings. The average Bonchev–Trinajstić information content (AvgIpc) is 2.67. The van der Waals surface area contributed by atoms with Crippen molar-refractivity contribution in [3.63, 3.8) is 0 Å². The van der Waals surface area contributed by atoms with Gasteiger partial charge in [-0.2, -0.15) is 0 Å². The van der Waals surface area contributed by atoms with Crippen molar-refractivity contribution >= 4 is 40.0 Å². The van der Waals surface area contributed by atoms with Crippen molar-refractivity contribution in [3.05, 3.63) is 61.3 Å². The minimum absolute atomic E-state index is 0.0950. The van der Waals surface area contributed by atoms with E-state index in [2.05, 4.69) is 22.1 Å². The summed E-state index contributed by atoms with van der Waals surface area (Å²) in [5, 5.41) is 13.7. The van der Waals surface area contributed by atoms with Gasteiger partial charge in [-0.15, -0.1) is 0 Å². The molecule has 142 valence electrons. The zero-order valence-electron chi connectivity index (χ0n) is 15.0. The Bertz CT molecular complexity index is 833. The van der Waals surface area contributed by atoms with Crippen LogP contribution in [0.4, 0.5) is 11.5 Å².